The monoisotopic (exact) mass is 405 g/mol. The number of aromatic nitrogens is 4. The van der Waals surface area contributed by atoms with Gasteiger partial charge in [0.1, 0.15) is 12.0 Å². The molecule has 1 atom stereocenters. The Hall–Kier alpha value is -2.42. The first-order valence-corrected chi connectivity index (χ1v) is 10.2. The number of carbonyl (C=O) groups is 1. The van der Waals surface area contributed by atoms with Crippen LogP contribution < -0.4 is 0 Å². The van der Waals surface area contributed by atoms with E-state index in [4.69, 9.17) is 0 Å². The van der Waals surface area contributed by atoms with Gasteiger partial charge in [0.2, 0.25) is 5.91 Å². The van der Waals surface area contributed by atoms with Gasteiger partial charge in [0.25, 0.3) is 12.2 Å². The lowest BCUT2D eigenvalue weighted by Gasteiger charge is -2.33. The molecule has 0 N–H and O–H groups in total. The van der Waals surface area contributed by atoms with Crippen molar-refractivity contribution in [3.63, 3.8) is 0 Å². The molecule has 148 valence electrons. The largest absolute Gasteiger partial charge is 0.342 e. The fraction of sp³-hybridized carbons (Fsp3) is 0.474. The third-order valence-corrected chi connectivity index (χ3v) is 6.16. The summed E-state index contributed by atoms with van der Waals surface area (Å²) in [5, 5.41) is 5.84. The van der Waals surface area contributed by atoms with E-state index in [-0.39, 0.29) is 29.2 Å². The van der Waals surface area contributed by atoms with E-state index in [2.05, 4.69) is 15.1 Å². The van der Waals surface area contributed by atoms with Gasteiger partial charge in [-0.05, 0) is 36.8 Å². The molecule has 4 heterocycles. The molecule has 9 heteroatoms. The van der Waals surface area contributed by atoms with Gasteiger partial charge in [0.05, 0.1) is 0 Å². The molecule has 1 saturated heterocycles. The van der Waals surface area contributed by atoms with Crippen molar-refractivity contribution in [2.45, 2.75) is 38.5 Å². The third-order valence-electron chi connectivity index (χ3n) is 5.26. The smallest absolute Gasteiger partial charge is 0.280 e. The minimum atomic E-state index is -2.65. The second-order valence-corrected chi connectivity index (χ2v) is 8.19. The molecule has 0 bridgehead atoms. The lowest BCUT2D eigenvalue weighted by atomic mass is 9.92. The summed E-state index contributed by atoms with van der Waals surface area (Å²) in [7, 11) is 0. The van der Waals surface area contributed by atoms with Gasteiger partial charge in [0, 0.05) is 35.5 Å². The van der Waals surface area contributed by atoms with Crippen molar-refractivity contribution in [3.8, 4) is 0 Å². The number of nitrogens with zero attached hydrogens (tertiary/aromatic N) is 5. The molecule has 1 aliphatic heterocycles. The fourth-order valence-electron chi connectivity index (χ4n) is 3.74. The average Bonchev–Trinajstić information content (AvgIpc) is 3.38. The molecule has 28 heavy (non-hydrogen) atoms. The van der Waals surface area contributed by atoms with Crippen LogP contribution in [0.5, 0.6) is 0 Å². The molecule has 0 spiro atoms. The topological polar surface area (TPSA) is 63.4 Å². The Balaban J connectivity index is 1.42. The zero-order chi connectivity index (χ0) is 19.7. The maximum absolute atomic E-state index is 13.4. The van der Waals surface area contributed by atoms with Gasteiger partial charge >= 0.3 is 0 Å². The van der Waals surface area contributed by atoms with Crippen molar-refractivity contribution in [1.29, 1.82) is 0 Å². The molecule has 3 aromatic heterocycles. The molecular weight excluding hydrogens is 384 g/mol. The van der Waals surface area contributed by atoms with E-state index < -0.39 is 6.43 Å². The van der Waals surface area contributed by atoms with Crippen LogP contribution in [0.4, 0.5) is 8.78 Å². The third kappa shape index (κ3) is 3.76. The van der Waals surface area contributed by atoms with Crippen molar-refractivity contribution in [3.05, 3.63) is 46.2 Å². The van der Waals surface area contributed by atoms with Gasteiger partial charge < -0.3 is 4.90 Å². The number of amides is 1. The second-order valence-electron chi connectivity index (χ2n) is 7.16. The molecule has 0 aromatic carbocycles. The molecule has 6 nitrogen and oxygen atoms in total. The normalized spacial score (nSPS) is 16.8. The van der Waals surface area contributed by atoms with Crippen molar-refractivity contribution in [1.82, 2.24) is 24.5 Å². The number of hydrogen-bond acceptors (Lipinski definition) is 5. The Kier molecular flexibility index (Phi) is 5.34. The summed E-state index contributed by atoms with van der Waals surface area (Å²) < 4.78 is 27.8. The highest BCUT2D eigenvalue weighted by atomic mass is 32.1. The molecule has 0 aliphatic carbocycles. The first-order chi connectivity index (χ1) is 13.5. The predicted octanol–water partition coefficient (Wildman–Crippen LogP) is 3.71. The summed E-state index contributed by atoms with van der Waals surface area (Å²) in [6, 6.07) is 5.47. The van der Waals surface area contributed by atoms with Crippen molar-refractivity contribution < 1.29 is 13.6 Å². The minimum Gasteiger partial charge on any atom is -0.342 e. The van der Waals surface area contributed by atoms with E-state index in [1.165, 1.54) is 17.3 Å². The maximum atomic E-state index is 13.4. The van der Waals surface area contributed by atoms with E-state index in [0.717, 1.165) is 10.9 Å². The van der Waals surface area contributed by atoms with Gasteiger partial charge in [-0.2, -0.15) is 14.6 Å². The number of thiophene rings is 1. The summed E-state index contributed by atoms with van der Waals surface area (Å²) in [5.74, 6) is 0.318. The van der Waals surface area contributed by atoms with E-state index in [1.807, 2.05) is 29.3 Å². The number of likely N-dealkylation sites (tertiary alicyclic amines) is 1. The molecule has 3 aromatic rings. The lowest BCUT2D eigenvalue weighted by molar-refractivity contribution is -0.136. The first-order valence-electron chi connectivity index (χ1n) is 9.33. The molecule has 1 aliphatic rings. The summed E-state index contributed by atoms with van der Waals surface area (Å²) in [5.41, 5.74) is 0.412. The highest BCUT2D eigenvalue weighted by molar-refractivity contribution is 7.09. The number of hydrogen-bond donors (Lipinski definition) is 0. The van der Waals surface area contributed by atoms with Crippen LogP contribution >= 0.6 is 11.3 Å². The minimum absolute atomic E-state index is 0.0378. The molecule has 1 unspecified atom stereocenters. The summed E-state index contributed by atoms with van der Waals surface area (Å²) in [6.07, 6.45) is 0.744. The number of rotatable bonds is 5. The number of fused-ring (bicyclic) bond motifs is 1. The van der Waals surface area contributed by atoms with Crippen molar-refractivity contribution >= 4 is 23.0 Å². The van der Waals surface area contributed by atoms with Gasteiger partial charge in [-0.25, -0.2) is 13.8 Å². The lowest BCUT2D eigenvalue weighted by Crippen LogP contribution is -2.41. The Morgan fingerprint density at radius 2 is 2.14 bits per heavy atom. The van der Waals surface area contributed by atoms with E-state index in [9.17, 15) is 13.6 Å². The Morgan fingerprint density at radius 3 is 2.82 bits per heavy atom. The van der Waals surface area contributed by atoms with E-state index in [1.54, 1.807) is 11.3 Å². The van der Waals surface area contributed by atoms with E-state index >= 15 is 0 Å². The van der Waals surface area contributed by atoms with E-state index in [0.29, 0.717) is 31.6 Å². The Morgan fingerprint density at radius 1 is 1.36 bits per heavy atom. The second kappa shape index (κ2) is 7.90. The Bertz CT molecular complexity index is 951. The number of halogens is 2. The standard InChI is InChI=1S/C19H21F2N5OS/c1-12(9-14-3-2-8-28-14)18(27)25-6-4-13(5-7-25)15-10-16(17(20)21)26-19(24-15)22-11-23-26/h2-3,8,10-13,17H,4-7,9H2,1H3. The predicted molar refractivity (Wildman–Crippen MR) is 101 cm³/mol. The first kappa shape index (κ1) is 18.9. The van der Waals surface area contributed by atoms with Crippen LogP contribution in [0.3, 0.4) is 0 Å². The van der Waals surface area contributed by atoms with Crippen LogP contribution in [0.2, 0.25) is 0 Å². The van der Waals surface area contributed by atoms with Crippen LogP contribution in [0, 0.1) is 5.92 Å². The molecule has 4 rings (SSSR count). The Labute approximate surface area is 165 Å². The van der Waals surface area contributed by atoms with Gasteiger partial charge in [-0.3, -0.25) is 4.79 Å². The number of carbonyl (C=O) groups excluding carboxylic acids is 1. The quantitative estimate of drug-likeness (QED) is 0.649. The van der Waals surface area contributed by atoms with Crippen LogP contribution in [0.1, 0.15) is 48.4 Å². The van der Waals surface area contributed by atoms with Gasteiger partial charge in [-0.1, -0.05) is 13.0 Å². The number of piperidine rings is 1. The van der Waals surface area contributed by atoms with Crippen LogP contribution in [0.15, 0.2) is 29.9 Å². The summed E-state index contributed by atoms with van der Waals surface area (Å²) >= 11 is 1.66. The zero-order valence-corrected chi connectivity index (χ0v) is 16.3. The molecule has 1 fully saturated rings. The van der Waals surface area contributed by atoms with Crippen molar-refractivity contribution in [2.75, 3.05) is 13.1 Å². The average molecular weight is 405 g/mol. The number of alkyl halides is 2. The molecular formula is C19H21F2N5OS. The maximum Gasteiger partial charge on any atom is 0.280 e. The van der Waals surface area contributed by atoms with Gasteiger partial charge in [0.15, 0.2) is 0 Å². The van der Waals surface area contributed by atoms with Crippen LogP contribution in [0.25, 0.3) is 5.78 Å². The molecule has 0 radical (unpaired) electrons. The fourth-order valence-corrected chi connectivity index (χ4v) is 4.58. The zero-order valence-electron chi connectivity index (χ0n) is 15.5. The van der Waals surface area contributed by atoms with Crippen LogP contribution in [-0.4, -0.2) is 43.5 Å². The molecule has 0 saturated carbocycles. The highest BCUT2D eigenvalue weighted by Gasteiger charge is 2.29. The van der Waals surface area contributed by atoms with Gasteiger partial charge in [-0.15, -0.1) is 11.3 Å². The van der Waals surface area contributed by atoms with Crippen molar-refractivity contribution in [2.24, 2.45) is 5.92 Å². The highest BCUT2D eigenvalue weighted by Crippen LogP contribution is 2.30. The summed E-state index contributed by atoms with van der Waals surface area (Å²) in [4.78, 5) is 24.2. The molecule has 1 amide bonds. The SMILES string of the molecule is CC(Cc1cccs1)C(=O)N1CCC(c2cc(C(F)F)n3ncnc3n2)CC1. The summed E-state index contributed by atoms with van der Waals surface area (Å²) in [6.45, 7) is 3.19. The van der Waals surface area contributed by atoms with Crippen LogP contribution in [-0.2, 0) is 11.2 Å².